The Morgan fingerprint density at radius 1 is 1.25 bits per heavy atom. The van der Waals surface area contributed by atoms with Crippen LogP contribution in [0.5, 0.6) is 0 Å². The summed E-state index contributed by atoms with van der Waals surface area (Å²) in [7, 11) is 4.19. The zero-order valence-electron chi connectivity index (χ0n) is 8.03. The molecule has 0 aromatic rings. The van der Waals surface area contributed by atoms with Crippen molar-refractivity contribution >= 4 is 0 Å². The Hall–Kier alpha value is -0.0800. The van der Waals surface area contributed by atoms with Gasteiger partial charge in [0, 0.05) is 12.5 Å². The molecule has 2 aliphatic rings. The maximum absolute atomic E-state index is 9.90. The van der Waals surface area contributed by atoms with Crippen LogP contribution in [0.3, 0.4) is 0 Å². The van der Waals surface area contributed by atoms with Gasteiger partial charge >= 0.3 is 0 Å². The summed E-state index contributed by atoms with van der Waals surface area (Å²) in [4.78, 5) is 2.20. The Morgan fingerprint density at radius 3 is 2.42 bits per heavy atom. The van der Waals surface area contributed by atoms with Crippen molar-refractivity contribution in [1.29, 1.82) is 0 Å². The number of fused-ring (bicyclic) bond motifs is 2. The largest absolute Gasteiger partial charge is 0.392 e. The molecule has 0 spiro atoms. The van der Waals surface area contributed by atoms with Crippen molar-refractivity contribution in [3.63, 3.8) is 0 Å². The number of hydrogen-bond donors (Lipinski definition) is 1. The van der Waals surface area contributed by atoms with Crippen molar-refractivity contribution in [1.82, 2.24) is 4.90 Å². The van der Waals surface area contributed by atoms with Gasteiger partial charge in [0.1, 0.15) is 0 Å². The molecule has 2 heteroatoms. The smallest absolute Gasteiger partial charge is 0.0611 e. The first-order valence-corrected chi connectivity index (χ1v) is 5.01. The van der Waals surface area contributed by atoms with Crippen molar-refractivity contribution in [3.8, 4) is 0 Å². The molecule has 2 rings (SSSR count). The van der Waals surface area contributed by atoms with Crippen LogP contribution in [0.4, 0.5) is 0 Å². The molecule has 0 aromatic heterocycles. The molecule has 70 valence electrons. The molecule has 1 N–H and O–H groups in total. The van der Waals surface area contributed by atoms with Crippen molar-refractivity contribution in [2.45, 2.75) is 25.4 Å². The fourth-order valence-corrected chi connectivity index (χ4v) is 3.06. The van der Waals surface area contributed by atoms with Gasteiger partial charge in [-0.15, -0.1) is 0 Å². The zero-order valence-corrected chi connectivity index (χ0v) is 8.03. The summed E-state index contributed by atoms with van der Waals surface area (Å²) in [6.07, 6.45) is 3.93. The molecular weight excluding hydrogens is 150 g/mol. The van der Waals surface area contributed by atoms with Gasteiger partial charge in [-0.05, 0) is 45.2 Å². The van der Waals surface area contributed by atoms with E-state index in [1.54, 1.807) is 0 Å². The number of hydrogen-bond acceptors (Lipinski definition) is 2. The van der Waals surface area contributed by atoms with Gasteiger partial charge in [0.2, 0.25) is 0 Å². The van der Waals surface area contributed by atoms with Crippen molar-refractivity contribution in [2.24, 2.45) is 17.8 Å². The molecule has 0 heterocycles. The summed E-state index contributed by atoms with van der Waals surface area (Å²) in [5.41, 5.74) is 0. The average Bonchev–Trinajstić information content (AvgIpc) is 2.53. The molecule has 2 bridgehead atoms. The molecule has 0 saturated heterocycles. The third kappa shape index (κ3) is 1.27. The predicted molar refractivity (Wildman–Crippen MR) is 48.9 cm³/mol. The highest BCUT2D eigenvalue weighted by molar-refractivity contribution is 4.97. The minimum atomic E-state index is 0.00569. The molecule has 0 radical (unpaired) electrons. The molecule has 2 nitrogen and oxygen atoms in total. The molecule has 0 unspecified atom stereocenters. The van der Waals surface area contributed by atoms with Crippen LogP contribution < -0.4 is 0 Å². The minimum Gasteiger partial charge on any atom is -0.392 e. The highest BCUT2D eigenvalue weighted by Crippen LogP contribution is 2.48. The highest BCUT2D eigenvalue weighted by atomic mass is 16.3. The normalized spacial score (nSPS) is 46.0. The quantitative estimate of drug-likeness (QED) is 0.665. The summed E-state index contributed by atoms with van der Waals surface area (Å²) in [5.74, 6) is 2.03. The number of rotatable bonds is 2. The third-order valence-electron chi connectivity index (χ3n) is 3.62. The van der Waals surface area contributed by atoms with Crippen LogP contribution in [0.15, 0.2) is 0 Å². The lowest BCUT2D eigenvalue weighted by molar-refractivity contribution is 0.0459. The number of aliphatic hydroxyl groups is 1. The summed E-state index contributed by atoms with van der Waals surface area (Å²) in [5, 5.41) is 9.90. The predicted octanol–water partition coefficient (Wildman–Crippen LogP) is 0.955. The van der Waals surface area contributed by atoms with E-state index >= 15 is 0 Å². The van der Waals surface area contributed by atoms with Gasteiger partial charge in [0.05, 0.1) is 6.10 Å². The summed E-state index contributed by atoms with van der Waals surface area (Å²) in [6, 6.07) is 0. The van der Waals surface area contributed by atoms with E-state index in [4.69, 9.17) is 0 Å². The van der Waals surface area contributed by atoms with Gasteiger partial charge < -0.3 is 10.0 Å². The molecule has 4 atom stereocenters. The topological polar surface area (TPSA) is 23.5 Å². The van der Waals surface area contributed by atoms with Crippen LogP contribution in [-0.4, -0.2) is 36.8 Å². The monoisotopic (exact) mass is 169 g/mol. The van der Waals surface area contributed by atoms with Crippen molar-refractivity contribution in [3.05, 3.63) is 0 Å². The third-order valence-corrected chi connectivity index (χ3v) is 3.62. The lowest BCUT2D eigenvalue weighted by atomic mass is 9.86. The first-order valence-electron chi connectivity index (χ1n) is 5.01. The molecule has 0 aromatic carbocycles. The van der Waals surface area contributed by atoms with E-state index < -0.39 is 0 Å². The number of nitrogens with zero attached hydrogens (tertiary/aromatic N) is 1. The zero-order chi connectivity index (χ0) is 8.72. The van der Waals surface area contributed by atoms with Crippen LogP contribution in [-0.2, 0) is 0 Å². The van der Waals surface area contributed by atoms with Crippen LogP contribution in [0.1, 0.15) is 19.3 Å². The minimum absolute atomic E-state index is 0.00569. The van der Waals surface area contributed by atoms with E-state index in [2.05, 4.69) is 19.0 Å². The van der Waals surface area contributed by atoms with E-state index in [-0.39, 0.29) is 6.10 Å². The SMILES string of the molecule is CN(C)C[C@H]1[C@H]2CC[C@H](C2)[C@H]1O. The Kier molecular flexibility index (Phi) is 2.13. The van der Waals surface area contributed by atoms with E-state index in [9.17, 15) is 5.11 Å². The van der Waals surface area contributed by atoms with E-state index in [1.807, 2.05) is 0 Å². The molecule has 0 amide bonds. The highest BCUT2D eigenvalue weighted by Gasteiger charge is 2.46. The second-order valence-electron chi connectivity index (χ2n) is 4.75. The average molecular weight is 169 g/mol. The van der Waals surface area contributed by atoms with Gasteiger partial charge in [-0.1, -0.05) is 0 Å². The van der Waals surface area contributed by atoms with E-state index in [0.717, 1.165) is 12.5 Å². The van der Waals surface area contributed by atoms with E-state index in [1.165, 1.54) is 19.3 Å². The van der Waals surface area contributed by atoms with Gasteiger partial charge in [0.15, 0.2) is 0 Å². The fourth-order valence-electron chi connectivity index (χ4n) is 3.06. The number of aliphatic hydroxyl groups excluding tert-OH is 1. The summed E-state index contributed by atoms with van der Waals surface area (Å²) >= 11 is 0. The Balaban J connectivity index is 1.98. The van der Waals surface area contributed by atoms with Crippen LogP contribution in [0, 0.1) is 17.8 Å². The maximum Gasteiger partial charge on any atom is 0.0611 e. The second kappa shape index (κ2) is 3.00. The fraction of sp³-hybridized carbons (Fsp3) is 1.00. The molecule has 2 aliphatic carbocycles. The van der Waals surface area contributed by atoms with E-state index in [0.29, 0.717) is 11.8 Å². The second-order valence-corrected chi connectivity index (χ2v) is 4.75. The maximum atomic E-state index is 9.90. The first kappa shape index (κ1) is 8.52. The Bertz CT molecular complexity index is 167. The van der Waals surface area contributed by atoms with Crippen LogP contribution in [0.25, 0.3) is 0 Å². The molecule has 0 aliphatic heterocycles. The Morgan fingerprint density at radius 2 is 1.92 bits per heavy atom. The lowest BCUT2D eigenvalue weighted by Crippen LogP contribution is -2.35. The first-order chi connectivity index (χ1) is 5.68. The Labute approximate surface area is 74.6 Å². The van der Waals surface area contributed by atoms with Gasteiger partial charge in [-0.25, -0.2) is 0 Å². The molecule has 2 fully saturated rings. The molecular formula is C10H19NO. The van der Waals surface area contributed by atoms with Gasteiger partial charge in [-0.2, -0.15) is 0 Å². The van der Waals surface area contributed by atoms with Gasteiger partial charge in [0.25, 0.3) is 0 Å². The standard InChI is InChI=1S/C10H19NO/c1-11(2)6-9-7-3-4-8(5-7)10(9)12/h7-10,12H,3-6H2,1-2H3/t7-,8+,9-,10+/m0/s1. The van der Waals surface area contributed by atoms with Crippen molar-refractivity contribution < 1.29 is 5.11 Å². The molecule has 12 heavy (non-hydrogen) atoms. The summed E-state index contributed by atoms with van der Waals surface area (Å²) in [6.45, 7) is 1.07. The summed E-state index contributed by atoms with van der Waals surface area (Å²) < 4.78 is 0. The van der Waals surface area contributed by atoms with Crippen LogP contribution >= 0.6 is 0 Å². The lowest BCUT2D eigenvalue weighted by Gasteiger charge is -2.29. The van der Waals surface area contributed by atoms with Crippen molar-refractivity contribution in [2.75, 3.05) is 20.6 Å². The molecule has 2 saturated carbocycles. The van der Waals surface area contributed by atoms with Gasteiger partial charge in [-0.3, -0.25) is 0 Å². The van der Waals surface area contributed by atoms with Crippen LogP contribution in [0.2, 0.25) is 0 Å².